The van der Waals surface area contributed by atoms with Crippen LogP contribution in [0.25, 0.3) is 0 Å². The highest BCUT2D eigenvalue weighted by Gasteiger charge is 2.06. The standard InChI is InChI=1S/C9H11NO2S/c1-13-9-3-2-6(4-7(9)11)8(12)5-10/h2-4,11H,5,10H2,1H3. The number of carbonyl (C=O) groups excluding carboxylic acids is 1. The molecule has 13 heavy (non-hydrogen) atoms. The summed E-state index contributed by atoms with van der Waals surface area (Å²) in [5, 5.41) is 9.42. The molecule has 0 fully saturated rings. The molecule has 0 aliphatic rings. The first-order valence-corrected chi connectivity index (χ1v) is 5.01. The summed E-state index contributed by atoms with van der Waals surface area (Å²) in [6, 6.07) is 4.82. The van der Waals surface area contributed by atoms with Crippen molar-refractivity contribution in [1.82, 2.24) is 0 Å². The molecule has 0 unspecified atom stereocenters. The van der Waals surface area contributed by atoms with Gasteiger partial charge in [0.15, 0.2) is 5.78 Å². The summed E-state index contributed by atoms with van der Waals surface area (Å²) in [5.41, 5.74) is 5.64. The number of nitrogens with two attached hydrogens (primary N) is 1. The fraction of sp³-hybridized carbons (Fsp3) is 0.222. The maximum atomic E-state index is 11.1. The largest absolute Gasteiger partial charge is 0.507 e. The average molecular weight is 197 g/mol. The molecule has 0 radical (unpaired) electrons. The van der Waals surface area contributed by atoms with Crippen molar-refractivity contribution in [3.05, 3.63) is 23.8 Å². The van der Waals surface area contributed by atoms with Gasteiger partial charge in [-0.15, -0.1) is 11.8 Å². The summed E-state index contributed by atoms with van der Waals surface area (Å²) in [6.45, 7) is -0.0297. The molecule has 0 saturated heterocycles. The predicted octanol–water partition coefficient (Wildman–Crippen LogP) is 1.26. The molecule has 0 aromatic heterocycles. The number of benzene rings is 1. The minimum atomic E-state index is -0.164. The lowest BCUT2D eigenvalue weighted by molar-refractivity contribution is 0.100. The Hall–Kier alpha value is -1.00. The number of aromatic hydroxyl groups is 1. The molecule has 0 amide bonds. The number of hydrogen-bond donors (Lipinski definition) is 2. The highest BCUT2D eigenvalue weighted by Crippen LogP contribution is 2.27. The Morgan fingerprint density at radius 3 is 2.77 bits per heavy atom. The van der Waals surface area contributed by atoms with Crippen molar-refractivity contribution in [1.29, 1.82) is 0 Å². The Kier molecular flexibility index (Phi) is 3.33. The van der Waals surface area contributed by atoms with Gasteiger partial charge in [-0.2, -0.15) is 0 Å². The van der Waals surface area contributed by atoms with Crippen molar-refractivity contribution in [2.24, 2.45) is 5.73 Å². The summed E-state index contributed by atoms with van der Waals surface area (Å²) < 4.78 is 0. The normalized spacial score (nSPS) is 10.0. The third-order valence-corrected chi connectivity index (χ3v) is 2.47. The zero-order valence-corrected chi connectivity index (χ0v) is 8.10. The molecule has 0 bridgehead atoms. The second kappa shape index (κ2) is 4.30. The van der Waals surface area contributed by atoms with E-state index in [9.17, 15) is 9.90 Å². The average Bonchev–Trinajstić information content (AvgIpc) is 2.16. The molecule has 3 nitrogen and oxygen atoms in total. The molecule has 0 saturated carbocycles. The summed E-state index contributed by atoms with van der Waals surface area (Å²) in [6.07, 6.45) is 1.86. The topological polar surface area (TPSA) is 63.3 Å². The van der Waals surface area contributed by atoms with Crippen LogP contribution in [0.5, 0.6) is 5.75 Å². The van der Waals surface area contributed by atoms with Crippen molar-refractivity contribution < 1.29 is 9.90 Å². The monoisotopic (exact) mass is 197 g/mol. The molecule has 1 rings (SSSR count). The summed E-state index contributed by atoms with van der Waals surface area (Å²) in [5.74, 6) is -0.0326. The molecule has 0 heterocycles. The Bertz CT molecular complexity index is 325. The molecule has 1 aromatic carbocycles. The summed E-state index contributed by atoms with van der Waals surface area (Å²) >= 11 is 1.43. The molecule has 0 spiro atoms. The Labute approximate surface area is 80.9 Å². The smallest absolute Gasteiger partial charge is 0.176 e. The third kappa shape index (κ3) is 2.23. The number of rotatable bonds is 3. The second-order valence-corrected chi connectivity index (χ2v) is 3.36. The van der Waals surface area contributed by atoms with Crippen LogP contribution in [0.2, 0.25) is 0 Å². The Morgan fingerprint density at radius 2 is 2.31 bits per heavy atom. The molecule has 0 aliphatic carbocycles. The van der Waals surface area contributed by atoms with E-state index in [0.29, 0.717) is 5.56 Å². The number of ketones is 1. The van der Waals surface area contributed by atoms with E-state index in [-0.39, 0.29) is 18.1 Å². The van der Waals surface area contributed by atoms with Gasteiger partial charge in [0.25, 0.3) is 0 Å². The van der Waals surface area contributed by atoms with E-state index in [0.717, 1.165) is 4.90 Å². The van der Waals surface area contributed by atoms with Gasteiger partial charge in [-0.1, -0.05) is 0 Å². The van der Waals surface area contributed by atoms with E-state index >= 15 is 0 Å². The lowest BCUT2D eigenvalue weighted by Crippen LogP contribution is -2.13. The van der Waals surface area contributed by atoms with E-state index < -0.39 is 0 Å². The van der Waals surface area contributed by atoms with Crippen molar-refractivity contribution in [3.63, 3.8) is 0 Å². The van der Waals surface area contributed by atoms with Crippen LogP contribution in [0, 0.1) is 0 Å². The van der Waals surface area contributed by atoms with Gasteiger partial charge < -0.3 is 10.8 Å². The van der Waals surface area contributed by atoms with Gasteiger partial charge in [0, 0.05) is 10.5 Å². The molecule has 1 aromatic rings. The van der Waals surface area contributed by atoms with Gasteiger partial charge in [-0.3, -0.25) is 4.79 Å². The van der Waals surface area contributed by atoms with Crippen LogP contribution in [0.15, 0.2) is 23.1 Å². The highest BCUT2D eigenvalue weighted by molar-refractivity contribution is 7.98. The van der Waals surface area contributed by atoms with Gasteiger partial charge in [0.2, 0.25) is 0 Å². The minimum absolute atomic E-state index is 0.0297. The first-order valence-electron chi connectivity index (χ1n) is 3.79. The van der Waals surface area contributed by atoms with Crippen LogP contribution in [0.4, 0.5) is 0 Å². The summed E-state index contributed by atoms with van der Waals surface area (Å²) in [7, 11) is 0. The number of hydrogen-bond acceptors (Lipinski definition) is 4. The highest BCUT2D eigenvalue weighted by atomic mass is 32.2. The fourth-order valence-corrected chi connectivity index (χ4v) is 1.45. The Morgan fingerprint density at radius 1 is 1.62 bits per heavy atom. The quantitative estimate of drug-likeness (QED) is 0.565. The second-order valence-electron chi connectivity index (χ2n) is 2.51. The lowest BCUT2D eigenvalue weighted by atomic mass is 10.1. The SMILES string of the molecule is CSc1ccc(C(=O)CN)cc1O. The first kappa shape index (κ1) is 10.1. The van der Waals surface area contributed by atoms with E-state index in [4.69, 9.17) is 5.73 Å². The van der Waals surface area contributed by atoms with E-state index in [1.165, 1.54) is 17.8 Å². The van der Waals surface area contributed by atoms with Crippen LogP contribution in [0.1, 0.15) is 10.4 Å². The molecule has 4 heteroatoms. The van der Waals surface area contributed by atoms with Gasteiger partial charge in [0.1, 0.15) is 5.75 Å². The maximum absolute atomic E-state index is 11.1. The molecule has 70 valence electrons. The van der Waals surface area contributed by atoms with Crippen LogP contribution >= 0.6 is 11.8 Å². The van der Waals surface area contributed by atoms with Gasteiger partial charge in [-0.05, 0) is 24.5 Å². The van der Waals surface area contributed by atoms with Crippen molar-refractivity contribution in [2.75, 3.05) is 12.8 Å². The first-order chi connectivity index (χ1) is 6.19. The minimum Gasteiger partial charge on any atom is -0.507 e. The number of phenols is 1. The van der Waals surface area contributed by atoms with Crippen LogP contribution in [0.3, 0.4) is 0 Å². The van der Waals surface area contributed by atoms with Gasteiger partial charge >= 0.3 is 0 Å². The van der Waals surface area contributed by atoms with Gasteiger partial charge in [-0.25, -0.2) is 0 Å². The number of thioether (sulfide) groups is 1. The molecule has 0 atom stereocenters. The maximum Gasteiger partial charge on any atom is 0.176 e. The zero-order chi connectivity index (χ0) is 9.84. The molecule has 0 aliphatic heterocycles. The van der Waals surface area contributed by atoms with Crippen molar-refractivity contribution in [3.8, 4) is 5.75 Å². The zero-order valence-electron chi connectivity index (χ0n) is 7.28. The Balaban J connectivity index is 3.02. The number of Topliss-reactive ketones (excluding diaryl/α,β-unsaturated/α-hetero) is 1. The van der Waals surface area contributed by atoms with Gasteiger partial charge in [0.05, 0.1) is 6.54 Å². The third-order valence-electron chi connectivity index (χ3n) is 1.69. The van der Waals surface area contributed by atoms with Crippen LogP contribution in [-0.4, -0.2) is 23.7 Å². The van der Waals surface area contributed by atoms with E-state index in [2.05, 4.69) is 0 Å². The van der Waals surface area contributed by atoms with E-state index in [1.807, 2.05) is 6.26 Å². The van der Waals surface area contributed by atoms with Crippen LogP contribution < -0.4 is 5.73 Å². The lowest BCUT2D eigenvalue weighted by Gasteiger charge is -2.02. The predicted molar refractivity (Wildman–Crippen MR) is 53.3 cm³/mol. The fourth-order valence-electron chi connectivity index (χ4n) is 0.981. The van der Waals surface area contributed by atoms with Crippen molar-refractivity contribution in [2.45, 2.75) is 4.90 Å². The molecular formula is C9H11NO2S. The molecular weight excluding hydrogens is 186 g/mol. The number of phenolic OH excluding ortho intramolecular Hbond substituents is 1. The van der Waals surface area contributed by atoms with Crippen molar-refractivity contribution >= 4 is 17.5 Å². The van der Waals surface area contributed by atoms with Crippen LogP contribution in [-0.2, 0) is 0 Å². The number of carbonyl (C=O) groups is 1. The molecule has 3 N–H and O–H groups in total. The summed E-state index contributed by atoms with van der Waals surface area (Å²) in [4.78, 5) is 11.9. The van der Waals surface area contributed by atoms with E-state index in [1.54, 1.807) is 12.1 Å².